The Bertz CT molecular complexity index is 892. The lowest BCUT2D eigenvalue weighted by Crippen LogP contribution is -2.10. The van der Waals surface area contributed by atoms with Crippen molar-refractivity contribution in [3.8, 4) is 0 Å². The molecule has 0 aromatic heterocycles. The van der Waals surface area contributed by atoms with E-state index in [-0.39, 0.29) is 12.2 Å². The Hall–Kier alpha value is -2.77. The molecule has 0 saturated heterocycles. The van der Waals surface area contributed by atoms with E-state index in [1.807, 2.05) is 0 Å². The van der Waals surface area contributed by atoms with Crippen molar-refractivity contribution in [3.05, 3.63) is 144 Å². The smallest absolute Gasteiger partial charge is 0.231 e. The maximum absolute atomic E-state index is 6.37. The van der Waals surface area contributed by atoms with Crippen LogP contribution in [-0.4, -0.2) is 19.5 Å². The normalized spacial score (nSPS) is 11.2. The van der Waals surface area contributed by atoms with Crippen molar-refractivity contribution in [1.82, 2.24) is 0 Å². The highest BCUT2D eigenvalue weighted by molar-refractivity contribution is 6.28. The largest absolute Gasteiger partial charge is 0.407 e. The van der Waals surface area contributed by atoms with Crippen LogP contribution in [0.3, 0.4) is 0 Å². The van der Waals surface area contributed by atoms with E-state index in [1.54, 1.807) is 0 Å². The van der Waals surface area contributed by atoms with Gasteiger partial charge in [-0.3, -0.25) is 0 Å². The van der Waals surface area contributed by atoms with Crippen LogP contribution < -0.4 is 0 Å². The molecule has 4 heteroatoms. The minimum Gasteiger partial charge on any atom is -0.407 e. The number of hydrogen-bond donors (Lipinski definition) is 0. The molecule has 0 N–H and O–H groups in total. The monoisotopic (exact) mass is 478 g/mol. The quantitative estimate of drug-likeness (QED) is 0.147. The molecule has 0 saturated carbocycles. The van der Waals surface area contributed by atoms with Gasteiger partial charge in [0.05, 0.1) is 12.2 Å². The van der Waals surface area contributed by atoms with Crippen LogP contribution in [0.2, 0.25) is 12.1 Å². The lowest BCUT2D eigenvalue weighted by atomic mass is 10.0. The summed E-state index contributed by atoms with van der Waals surface area (Å²) < 4.78 is 12.7. The average Bonchev–Trinajstić information content (AvgIpc) is 2.92. The van der Waals surface area contributed by atoms with E-state index in [9.17, 15) is 0 Å². The minimum atomic E-state index is 0.00319. The molecular weight excluding hydrogens is 449 g/mol. The maximum atomic E-state index is 6.37. The third kappa shape index (κ3) is 7.37. The molecule has 4 aromatic rings. The molecule has 0 aliphatic rings. The third-order valence-electron chi connectivity index (χ3n) is 5.62. The van der Waals surface area contributed by atoms with Gasteiger partial charge in [-0.1, -0.05) is 134 Å². The molecular formula is C30H30O2Si2. The fourth-order valence-electron chi connectivity index (χ4n) is 3.85. The predicted molar refractivity (Wildman–Crippen MR) is 142 cm³/mol. The Labute approximate surface area is 208 Å². The second-order valence-electron chi connectivity index (χ2n) is 8.13. The van der Waals surface area contributed by atoms with Crippen LogP contribution in [0.15, 0.2) is 121 Å². The fraction of sp³-hybridized carbons (Fsp3) is 0.200. The zero-order chi connectivity index (χ0) is 23.3. The minimum absolute atomic E-state index is 0.00319. The van der Waals surface area contributed by atoms with Gasteiger partial charge in [-0.25, -0.2) is 0 Å². The van der Waals surface area contributed by atoms with Gasteiger partial charge in [0.25, 0.3) is 0 Å². The number of rotatable bonds is 13. The standard InChI is InChI=1S/C30H30O2Si2/c1-5-15-25(16-6-1)29(26-17-7-2-8-18-26)31-33-23-13-14-24-34-32-30(27-19-9-3-10-20-27)28-21-11-4-12-22-28/h1-12,15-22,29-30H,13-14,23-24H2. The van der Waals surface area contributed by atoms with Crippen LogP contribution in [0.1, 0.15) is 47.3 Å². The summed E-state index contributed by atoms with van der Waals surface area (Å²) in [4.78, 5) is 0. The molecule has 0 aliphatic heterocycles. The molecule has 0 bridgehead atoms. The molecule has 0 unspecified atom stereocenters. The summed E-state index contributed by atoms with van der Waals surface area (Å²) in [6, 6.07) is 44.2. The van der Waals surface area contributed by atoms with E-state index in [0.29, 0.717) is 19.5 Å². The maximum Gasteiger partial charge on any atom is 0.231 e. The highest BCUT2D eigenvalue weighted by Crippen LogP contribution is 2.27. The molecule has 34 heavy (non-hydrogen) atoms. The number of hydrogen-bond acceptors (Lipinski definition) is 2. The van der Waals surface area contributed by atoms with E-state index in [1.165, 1.54) is 22.3 Å². The van der Waals surface area contributed by atoms with E-state index in [0.717, 1.165) is 24.9 Å². The van der Waals surface area contributed by atoms with E-state index in [2.05, 4.69) is 121 Å². The lowest BCUT2D eigenvalue weighted by Gasteiger charge is -2.19. The summed E-state index contributed by atoms with van der Waals surface area (Å²) in [6.45, 7) is 0. The van der Waals surface area contributed by atoms with Gasteiger partial charge >= 0.3 is 0 Å². The second kappa shape index (κ2) is 13.8. The predicted octanol–water partition coefficient (Wildman–Crippen LogP) is 7.45. The van der Waals surface area contributed by atoms with E-state index < -0.39 is 0 Å². The van der Waals surface area contributed by atoms with Crippen molar-refractivity contribution in [1.29, 1.82) is 0 Å². The van der Waals surface area contributed by atoms with Gasteiger partial charge in [-0.15, -0.1) is 0 Å². The zero-order valence-corrected chi connectivity index (χ0v) is 21.3. The Morgan fingerprint density at radius 2 is 0.676 bits per heavy atom. The van der Waals surface area contributed by atoms with Crippen molar-refractivity contribution in [2.45, 2.75) is 37.1 Å². The lowest BCUT2D eigenvalue weighted by molar-refractivity contribution is 0.258. The van der Waals surface area contributed by atoms with Crippen LogP contribution in [0, 0.1) is 0 Å². The zero-order valence-electron chi connectivity index (χ0n) is 19.3. The van der Waals surface area contributed by atoms with Gasteiger partial charge in [-0.05, 0) is 34.3 Å². The van der Waals surface area contributed by atoms with Gasteiger partial charge in [0.1, 0.15) is 0 Å². The summed E-state index contributed by atoms with van der Waals surface area (Å²) in [6.07, 6.45) is 2.32. The van der Waals surface area contributed by atoms with Crippen molar-refractivity contribution in [2.75, 3.05) is 0 Å². The summed E-state index contributed by atoms with van der Waals surface area (Å²) in [7, 11) is 0.976. The van der Waals surface area contributed by atoms with Crippen molar-refractivity contribution >= 4 is 19.5 Å². The summed E-state index contributed by atoms with van der Waals surface area (Å²) in [5.41, 5.74) is 4.85. The first-order chi connectivity index (χ1) is 16.9. The molecule has 4 radical (unpaired) electrons. The molecule has 0 amide bonds. The van der Waals surface area contributed by atoms with Crippen molar-refractivity contribution in [3.63, 3.8) is 0 Å². The Kier molecular flexibility index (Phi) is 9.90. The van der Waals surface area contributed by atoms with Crippen molar-refractivity contribution in [2.24, 2.45) is 0 Å². The first-order valence-electron chi connectivity index (χ1n) is 11.9. The number of unbranched alkanes of at least 4 members (excludes halogenated alkanes) is 1. The SMILES string of the molecule is c1ccc(C(O[Si]CCCC[Si]OC(c2ccccc2)c2ccccc2)c2ccccc2)cc1. The molecule has 2 nitrogen and oxygen atoms in total. The Morgan fingerprint density at radius 3 is 0.941 bits per heavy atom. The molecule has 4 rings (SSSR count). The first-order valence-corrected chi connectivity index (χ1v) is 14.1. The van der Waals surface area contributed by atoms with Crippen molar-refractivity contribution < 1.29 is 8.85 Å². The van der Waals surface area contributed by atoms with Crippen LogP contribution in [0.4, 0.5) is 0 Å². The first kappa shape index (κ1) is 24.4. The van der Waals surface area contributed by atoms with E-state index >= 15 is 0 Å². The average molecular weight is 479 g/mol. The van der Waals surface area contributed by atoms with E-state index in [4.69, 9.17) is 8.85 Å². The van der Waals surface area contributed by atoms with Crippen LogP contribution in [0.5, 0.6) is 0 Å². The molecule has 170 valence electrons. The molecule has 0 spiro atoms. The summed E-state index contributed by atoms with van der Waals surface area (Å²) in [5.74, 6) is 0. The molecule has 0 heterocycles. The molecule has 0 fully saturated rings. The van der Waals surface area contributed by atoms with Gasteiger partial charge in [0, 0.05) is 0 Å². The van der Waals surface area contributed by atoms with Crippen LogP contribution in [0.25, 0.3) is 0 Å². The van der Waals surface area contributed by atoms with Gasteiger partial charge < -0.3 is 8.85 Å². The van der Waals surface area contributed by atoms with Crippen LogP contribution >= 0.6 is 0 Å². The topological polar surface area (TPSA) is 18.5 Å². The fourth-order valence-corrected chi connectivity index (χ4v) is 5.75. The van der Waals surface area contributed by atoms with Crippen LogP contribution in [-0.2, 0) is 8.85 Å². The summed E-state index contributed by atoms with van der Waals surface area (Å²) in [5, 5.41) is 0. The van der Waals surface area contributed by atoms with Gasteiger partial charge in [0.15, 0.2) is 0 Å². The highest BCUT2D eigenvalue weighted by Gasteiger charge is 2.15. The Balaban J connectivity index is 1.21. The third-order valence-corrected chi connectivity index (χ3v) is 7.54. The molecule has 0 aliphatic carbocycles. The molecule has 4 aromatic carbocycles. The Morgan fingerprint density at radius 1 is 0.412 bits per heavy atom. The highest BCUT2D eigenvalue weighted by atomic mass is 28.2. The summed E-state index contributed by atoms with van der Waals surface area (Å²) >= 11 is 0. The van der Waals surface area contributed by atoms with Gasteiger partial charge in [-0.2, -0.15) is 0 Å². The second-order valence-corrected chi connectivity index (χ2v) is 10.2. The number of benzene rings is 4. The molecule has 0 atom stereocenters. The van der Waals surface area contributed by atoms with Gasteiger partial charge in [0.2, 0.25) is 19.5 Å².